The van der Waals surface area contributed by atoms with E-state index in [2.05, 4.69) is 39.4 Å². The molecule has 1 atom stereocenters. The van der Waals surface area contributed by atoms with Crippen LogP contribution in [0, 0.1) is 0 Å². The topological polar surface area (TPSA) is 12.0 Å². The highest BCUT2D eigenvalue weighted by Crippen LogP contribution is 2.34. The molecular weight excluding hydrogens is 214 g/mol. The van der Waals surface area contributed by atoms with Crippen molar-refractivity contribution in [3.63, 3.8) is 0 Å². The average molecular weight is 226 g/mol. The van der Waals surface area contributed by atoms with E-state index in [0.717, 1.165) is 0 Å². The molecular formula is C10H12BrN. The first-order chi connectivity index (χ1) is 5.83. The summed E-state index contributed by atoms with van der Waals surface area (Å²) in [4.78, 5) is 0. The van der Waals surface area contributed by atoms with Gasteiger partial charge in [0.25, 0.3) is 0 Å². The van der Waals surface area contributed by atoms with Crippen molar-refractivity contribution in [2.75, 3.05) is 7.05 Å². The van der Waals surface area contributed by atoms with E-state index in [0.29, 0.717) is 6.04 Å². The van der Waals surface area contributed by atoms with E-state index in [9.17, 15) is 0 Å². The second-order valence-electron chi connectivity index (χ2n) is 3.19. The Morgan fingerprint density at radius 3 is 3.08 bits per heavy atom. The Kier molecular flexibility index (Phi) is 2.20. The van der Waals surface area contributed by atoms with Crippen molar-refractivity contribution in [2.24, 2.45) is 0 Å². The van der Waals surface area contributed by atoms with Crippen molar-refractivity contribution in [3.8, 4) is 0 Å². The number of hydrogen-bond acceptors (Lipinski definition) is 1. The Labute approximate surface area is 81.3 Å². The summed E-state index contributed by atoms with van der Waals surface area (Å²) in [6.45, 7) is 0. The van der Waals surface area contributed by atoms with E-state index in [1.165, 1.54) is 28.4 Å². The monoisotopic (exact) mass is 225 g/mol. The predicted octanol–water partition coefficient (Wildman–Crippen LogP) is 2.66. The second kappa shape index (κ2) is 3.19. The van der Waals surface area contributed by atoms with Crippen LogP contribution in [0.2, 0.25) is 0 Å². The summed E-state index contributed by atoms with van der Waals surface area (Å²) < 4.78 is 1.26. The Balaban J connectivity index is 2.46. The molecule has 0 unspecified atom stereocenters. The van der Waals surface area contributed by atoms with Gasteiger partial charge in [0.1, 0.15) is 0 Å². The first-order valence-corrected chi connectivity index (χ1v) is 5.07. The molecule has 0 fully saturated rings. The fourth-order valence-electron chi connectivity index (χ4n) is 1.91. The van der Waals surface area contributed by atoms with Gasteiger partial charge in [-0.3, -0.25) is 0 Å². The standard InChI is InChI=1S/C10H12BrN/c1-12-10-6-5-7-8(10)3-2-4-9(7)11/h2-4,10,12H,5-6H2,1H3/t10-/m0/s1. The van der Waals surface area contributed by atoms with E-state index >= 15 is 0 Å². The molecule has 1 aromatic rings. The molecule has 1 N–H and O–H groups in total. The third kappa shape index (κ3) is 1.19. The first-order valence-electron chi connectivity index (χ1n) is 4.27. The van der Waals surface area contributed by atoms with Crippen molar-refractivity contribution < 1.29 is 0 Å². The van der Waals surface area contributed by atoms with Crippen LogP contribution in [0.3, 0.4) is 0 Å². The Morgan fingerprint density at radius 2 is 2.33 bits per heavy atom. The smallest absolute Gasteiger partial charge is 0.0323 e. The molecule has 64 valence electrons. The van der Waals surface area contributed by atoms with Gasteiger partial charge in [0.05, 0.1) is 0 Å². The number of halogens is 1. The molecule has 0 saturated carbocycles. The number of fused-ring (bicyclic) bond motifs is 1. The maximum atomic E-state index is 3.58. The Morgan fingerprint density at radius 1 is 1.50 bits per heavy atom. The maximum absolute atomic E-state index is 3.58. The van der Waals surface area contributed by atoms with Crippen molar-refractivity contribution in [1.29, 1.82) is 0 Å². The predicted molar refractivity (Wildman–Crippen MR) is 54.3 cm³/mol. The molecule has 1 aliphatic rings. The minimum Gasteiger partial charge on any atom is -0.313 e. The van der Waals surface area contributed by atoms with Crippen molar-refractivity contribution in [3.05, 3.63) is 33.8 Å². The SMILES string of the molecule is CN[C@H]1CCc2c(Br)cccc21. The molecule has 2 heteroatoms. The lowest BCUT2D eigenvalue weighted by Gasteiger charge is -2.09. The Bertz CT molecular complexity index is 296. The van der Waals surface area contributed by atoms with Crippen LogP contribution in [-0.4, -0.2) is 7.05 Å². The summed E-state index contributed by atoms with van der Waals surface area (Å²) in [5.41, 5.74) is 2.95. The maximum Gasteiger partial charge on any atom is 0.0323 e. The molecule has 0 saturated heterocycles. The van der Waals surface area contributed by atoms with Crippen molar-refractivity contribution >= 4 is 15.9 Å². The average Bonchev–Trinajstić information content (AvgIpc) is 2.49. The molecule has 1 aromatic carbocycles. The summed E-state index contributed by atoms with van der Waals surface area (Å²) in [7, 11) is 2.03. The number of nitrogens with one attached hydrogen (secondary N) is 1. The van der Waals surface area contributed by atoms with Gasteiger partial charge in [-0.25, -0.2) is 0 Å². The molecule has 0 aromatic heterocycles. The summed E-state index contributed by atoms with van der Waals surface area (Å²) in [6.07, 6.45) is 2.43. The van der Waals surface area contributed by atoms with Gasteiger partial charge in [0.15, 0.2) is 0 Å². The third-order valence-corrected chi connectivity index (χ3v) is 3.30. The summed E-state index contributed by atoms with van der Waals surface area (Å²) >= 11 is 3.58. The molecule has 0 aliphatic heterocycles. The fraction of sp³-hybridized carbons (Fsp3) is 0.400. The molecule has 0 heterocycles. The lowest BCUT2D eigenvalue weighted by Crippen LogP contribution is -2.12. The van der Waals surface area contributed by atoms with E-state index in [1.807, 2.05) is 7.05 Å². The van der Waals surface area contributed by atoms with Crippen LogP contribution in [0.5, 0.6) is 0 Å². The summed E-state index contributed by atoms with van der Waals surface area (Å²) in [5.74, 6) is 0. The van der Waals surface area contributed by atoms with E-state index in [1.54, 1.807) is 0 Å². The Hall–Kier alpha value is -0.340. The van der Waals surface area contributed by atoms with Gasteiger partial charge in [0.2, 0.25) is 0 Å². The molecule has 1 nitrogen and oxygen atoms in total. The van der Waals surface area contributed by atoms with Crippen LogP contribution >= 0.6 is 15.9 Å². The van der Waals surface area contributed by atoms with Gasteiger partial charge < -0.3 is 5.32 Å². The van der Waals surface area contributed by atoms with Gasteiger partial charge in [-0.15, -0.1) is 0 Å². The van der Waals surface area contributed by atoms with Crippen LogP contribution in [-0.2, 0) is 6.42 Å². The molecule has 0 amide bonds. The molecule has 2 rings (SSSR count). The summed E-state index contributed by atoms with van der Waals surface area (Å²) in [5, 5.41) is 3.33. The van der Waals surface area contributed by atoms with Gasteiger partial charge in [-0.05, 0) is 37.1 Å². The number of benzene rings is 1. The number of hydrogen-bond donors (Lipinski definition) is 1. The zero-order valence-electron chi connectivity index (χ0n) is 7.10. The fourth-order valence-corrected chi connectivity index (χ4v) is 2.49. The zero-order chi connectivity index (χ0) is 8.55. The first kappa shape index (κ1) is 8.27. The lowest BCUT2D eigenvalue weighted by molar-refractivity contribution is 0.590. The van der Waals surface area contributed by atoms with Crippen LogP contribution in [0.1, 0.15) is 23.6 Å². The normalized spacial score (nSPS) is 21.0. The quantitative estimate of drug-likeness (QED) is 0.776. The van der Waals surface area contributed by atoms with Gasteiger partial charge in [0, 0.05) is 10.5 Å². The van der Waals surface area contributed by atoms with E-state index in [4.69, 9.17) is 0 Å². The van der Waals surface area contributed by atoms with Crippen LogP contribution < -0.4 is 5.32 Å². The highest BCUT2D eigenvalue weighted by atomic mass is 79.9. The molecule has 1 aliphatic carbocycles. The number of rotatable bonds is 1. The van der Waals surface area contributed by atoms with Crippen LogP contribution in [0.15, 0.2) is 22.7 Å². The third-order valence-electron chi connectivity index (χ3n) is 2.56. The summed E-state index contributed by atoms with van der Waals surface area (Å²) in [6, 6.07) is 7.02. The second-order valence-corrected chi connectivity index (χ2v) is 4.04. The minimum absolute atomic E-state index is 0.567. The molecule has 0 spiro atoms. The van der Waals surface area contributed by atoms with Crippen LogP contribution in [0.4, 0.5) is 0 Å². The highest BCUT2D eigenvalue weighted by Gasteiger charge is 2.21. The van der Waals surface area contributed by atoms with Gasteiger partial charge >= 0.3 is 0 Å². The minimum atomic E-state index is 0.567. The molecule has 12 heavy (non-hydrogen) atoms. The van der Waals surface area contributed by atoms with Crippen molar-refractivity contribution in [1.82, 2.24) is 5.32 Å². The molecule has 0 radical (unpaired) electrons. The van der Waals surface area contributed by atoms with E-state index < -0.39 is 0 Å². The zero-order valence-corrected chi connectivity index (χ0v) is 8.69. The van der Waals surface area contributed by atoms with Gasteiger partial charge in [-0.1, -0.05) is 28.1 Å². The molecule has 0 bridgehead atoms. The highest BCUT2D eigenvalue weighted by molar-refractivity contribution is 9.10. The van der Waals surface area contributed by atoms with Crippen LogP contribution in [0.25, 0.3) is 0 Å². The van der Waals surface area contributed by atoms with E-state index in [-0.39, 0.29) is 0 Å². The van der Waals surface area contributed by atoms with Gasteiger partial charge in [-0.2, -0.15) is 0 Å². The van der Waals surface area contributed by atoms with Crippen molar-refractivity contribution in [2.45, 2.75) is 18.9 Å². The lowest BCUT2D eigenvalue weighted by atomic mass is 10.1. The largest absolute Gasteiger partial charge is 0.313 e.